The summed E-state index contributed by atoms with van der Waals surface area (Å²) in [5.74, 6) is -0.123. The van der Waals surface area contributed by atoms with Crippen LogP contribution in [-0.2, 0) is 11.3 Å². The smallest absolute Gasteiger partial charge is 0.322 e. The van der Waals surface area contributed by atoms with Gasteiger partial charge in [0.05, 0.1) is 0 Å². The van der Waals surface area contributed by atoms with Gasteiger partial charge in [0.1, 0.15) is 6.04 Å². The van der Waals surface area contributed by atoms with Crippen LogP contribution in [0.15, 0.2) is 54.6 Å². The lowest BCUT2D eigenvalue weighted by Gasteiger charge is -2.24. The van der Waals surface area contributed by atoms with Crippen molar-refractivity contribution in [3.63, 3.8) is 0 Å². The highest BCUT2D eigenvalue weighted by Gasteiger charge is 2.34. The molecule has 1 heterocycles. The number of likely N-dealkylation sites (tertiary alicyclic amines) is 1. The average Bonchev–Trinajstić information content (AvgIpc) is 3.10. The van der Waals surface area contributed by atoms with E-state index in [4.69, 9.17) is 11.6 Å². The summed E-state index contributed by atoms with van der Waals surface area (Å²) in [7, 11) is 0. The fraction of sp³-hybridized carbons (Fsp3) is 0.263. The molecular formula is C19H20ClN3O2. The third-order valence-electron chi connectivity index (χ3n) is 4.20. The standard InChI is InChI=1S/C19H20ClN3O2/c20-15-8-4-9-16(12-15)22-19(25)23-11-5-10-17(23)18(24)21-13-14-6-2-1-3-7-14/h1-4,6-9,12,17H,5,10-11,13H2,(H,21,24)(H,22,25)/t17-/m0/s1. The van der Waals surface area contributed by atoms with Crippen molar-refractivity contribution >= 4 is 29.2 Å². The van der Waals surface area contributed by atoms with Gasteiger partial charge in [-0.2, -0.15) is 0 Å². The first-order valence-electron chi connectivity index (χ1n) is 8.28. The molecule has 2 aromatic carbocycles. The van der Waals surface area contributed by atoms with E-state index in [1.165, 1.54) is 0 Å². The van der Waals surface area contributed by atoms with Crippen LogP contribution >= 0.6 is 11.6 Å². The number of nitrogens with zero attached hydrogens (tertiary/aromatic N) is 1. The zero-order chi connectivity index (χ0) is 17.6. The number of anilines is 1. The first-order valence-corrected chi connectivity index (χ1v) is 8.66. The van der Waals surface area contributed by atoms with E-state index in [2.05, 4.69) is 10.6 Å². The highest BCUT2D eigenvalue weighted by Crippen LogP contribution is 2.20. The zero-order valence-electron chi connectivity index (χ0n) is 13.7. The molecule has 130 valence electrons. The van der Waals surface area contributed by atoms with Crippen LogP contribution < -0.4 is 10.6 Å². The van der Waals surface area contributed by atoms with Gasteiger partial charge >= 0.3 is 6.03 Å². The molecule has 0 aromatic heterocycles. The molecule has 1 aliphatic heterocycles. The Balaban J connectivity index is 1.59. The van der Waals surface area contributed by atoms with Crippen molar-refractivity contribution in [2.75, 3.05) is 11.9 Å². The summed E-state index contributed by atoms with van der Waals surface area (Å²) in [4.78, 5) is 26.6. The molecule has 0 unspecified atom stereocenters. The summed E-state index contributed by atoms with van der Waals surface area (Å²) < 4.78 is 0. The van der Waals surface area contributed by atoms with Crippen molar-refractivity contribution in [1.82, 2.24) is 10.2 Å². The molecular weight excluding hydrogens is 338 g/mol. The van der Waals surface area contributed by atoms with E-state index in [0.717, 1.165) is 12.0 Å². The number of hydrogen-bond donors (Lipinski definition) is 2. The van der Waals surface area contributed by atoms with Crippen LogP contribution in [0.5, 0.6) is 0 Å². The number of carbonyl (C=O) groups excluding carboxylic acids is 2. The first-order chi connectivity index (χ1) is 12.1. The molecule has 1 aliphatic rings. The summed E-state index contributed by atoms with van der Waals surface area (Å²) in [6, 6.07) is 16.0. The molecule has 2 aromatic rings. The number of halogens is 1. The number of hydrogen-bond acceptors (Lipinski definition) is 2. The molecule has 1 atom stereocenters. The van der Waals surface area contributed by atoms with E-state index in [1.807, 2.05) is 30.3 Å². The Morgan fingerprint density at radius 1 is 1.12 bits per heavy atom. The van der Waals surface area contributed by atoms with Crippen molar-refractivity contribution in [1.29, 1.82) is 0 Å². The normalized spacial score (nSPS) is 16.5. The maximum absolute atomic E-state index is 12.5. The molecule has 1 fully saturated rings. The second kappa shape index (κ2) is 8.03. The van der Waals surface area contributed by atoms with E-state index in [-0.39, 0.29) is 11.9 Å². The topological polar surface area (TPSA) is 61.4 Å². The summed E-state index contributed by atoms with van der Waals surface area (Å²) in [5.41, 5.74) is 1.65. The van der Waals surface area contributed by atoms with Crippen molar-refractivity contribution < 1.29 is 9.59 Å². The van der Waals surface area contributed by atoms with Crippen molar-refractivity contribution in [2.24, 2.45) is 0 Å². The second-order valence-corrected chi connectivity index (χ2v) is 6.43. The van der Waals surface area contributed by atoms with Gasteiger partial charge in [0, 0.05) is 23.8 Å². The highest BCUT2D eigenvalue weighted by atomic mass is 35.5. The van der Waals surface area contributed by atoms with Crippen LogP contribution in [0.3, 0.4) is 0 Å². The Morgan fingerprint density at radius 3 is 2.68 bits per heavy atom. The van der Waals surface area contributed by atoms with Gasteiger partial charge in [0.15, 0.2) is 0 Å². The average molecular weight is 358 g/mol. The molecule has 1 saturated heterocycles. The lowest BCUT2D eigenvalue weighted by molar-refractivity contribution is -0.124. The van der Waals surface area contributed by atoms with Crippen LogP contribution in [0.1, 0.15) is 18.4 Å². The summed E-state index contributed by atoms with van der Waals surface area (Å²) >= 11 is 5.94. The molecule has 6 heteroatoms. The van der Waals surface area contributed by atoms with E-state index in [9.17, 15) is 9.59 Å². The maximum atomic E-state index is 12.5. The molecule has 5 nitrogen and oxygen atoms in total. The van der Waals surface area contributed by atoms with Crippen molar-refractivity contribution in [3.05, 3.63) is 65.2 Å². The third-order valence-corrected chi connectivity index (χ3v) is 4.44. The van der Waals surface area contributed by atoms with Gasteiger partial charge in [-0.25, -0.2) is 4.79 Å². The zero-order valence-corrected chi connectivity index (χ0v) is 14.5. The largest absolute Gasteiger partial charge is 0.350 e. The Morgan fingerprint density at radius 2 is 1.92 bits per heavy atom. The molecule has 2 N–H and O–H groups in total. The Labute approximate surface area is 152 Å². The number of nitrogens with one attached hydrogen (secondary N) is 2. The molecule has 0 spiro atoms. The predicted octanol–water partition coefficient (Wildman–Crippen LogP) is 3.65. The van der Waals surface area contributed by atoms with E-state index < -0.39 is 6.04 Å². The number of rotatable bonds is 4. The quantitative estimate of drug-likeness (QED) is 0.877. The minimum absolute atomic E-state index is 0.123. The van der Waals surface area contributed by atoms with Crippen LogP contribution in [0.4, 0.5) is 10.5 Å². The van der Waals surface area contributed by atoms with E-state index in [1.54, 1.807) is 29.2 Å². The summed E-state index contributed by atoms with van der Waals surface area (Å²) in [5, 5.41) is 6.28. The van der Waals surface area contributed by atoms with Gasteiger partial charge in [0.2, 0.25) is 5.91 Å². The molecule has 0 aliphatic carbocycles. The number of amides is 3. The molecule has 25 heavy (non-hydrogen) atoms. The van der Waals surface area contributed by atoms with Crippen LogP contribution in [0.25, 0.3) is 0 Å². The SMILES string of the molecule is O=C(NCc1ccccc1)[C@@H]1CCCN1C(=O)Nc1cccc(Cl)c1. The number of benzene rings is 2. The fourth-order valence-corrected chi connectivity index (χ4v) is 3.14. The summed E-state index contributed by atoms with van der Waals surface area (Å²) in [6.45, 7) is 1.02. The van der Waals surface area contributed by atoms with Gasteiger partial charge in [0.25, 0.3) is 0 Å². The highest BCUT2D eigenvalue weighted by molar-refractivity contribution is 6.30. The maximum Gasteiger partial charge on any atom is 0.322 e. The second-order valence-electron chi connectivity index (χ2n) is 6.00. The Hall–Kier alpha value is -2.53. The number of urea groups is 1. The van der Waals surface area contributed by atoms with Gasteiger partial charge in [-0.05, 0) is 36.6 Å². The van der Waals surface area contributed by atoms with Gasteiger partial charge in [-0.1, -0.05) is 48.0 Å². The lowest BCUT2D eigenvalue weighted by Crippen LogP contribution is -2.47. The van der Waals surface area contributed by atoms with E-state index >= 15 is 0 Å². The van der Waals surface area contributed by atoms with Crippen molar-refractivity contribution in [2.45, 2.75) is 25.4 Å². The molecule has 3 rings (SSSR count). The molecule has 0 bridgehead atoms. The third kappa shape index (κ3) is 4.51. The Bertz CT molecular complexity index is 751. The van der Waals surface area contributed by atoms with Gasteiger partial charge < -0.3 is 15.5 Å². The van der Waals surface area contributed by atoms with E-state index in [0.29, 0.717) is 30.2 Å². The van der Waals surface area contributed by atoms with Gasteiger partial charge in [-0.3, -0.25) is 4.79 Å². The monoisotopic (exact) mass is 357 g/mol. The van der Waals surface area contributed by atoms with Gasteiger partial charge in [-0.15, -0.1) is 0 Å². The minimum Gasteiger partial charge on any atom is -0.350 e. The Kier molecular flexibility index (Phi) is 5.56. The lowest BCUT2D eigenvalue weighted by atomic mass is 10.2. The van der Waals surface area contributed by atoms with Crippen molar-refractivity contribution in [3.8, 4) is 0 Å². The molecule has 0 radical (unpaired) electrons. The number of carbonyl (C=O) groups is 2. The van der Waals surface area contributed by atoms with Crippen LogP contribution in [-0.4, -0.2) is 29.4 Å². The first kappa shape index (κ1) is 17.3. The predicted molar refractivity (Wildman–Crippen MR) is 98.5 cm³/mol. The van der Waals surface area contributed by atoms with Crippen LogP contribution in [0, 0.1) is 0 Å². The van der Waals surface area contributed by atoms with Crippen LogP contribution in [0.2, 0.25) is 5.02 Å². The fourth-order valence-electron chi connectivity index (χ4n) is 2.95. The molecule has 0 saturated carbocycles. The minimum atomic E-state index is -0.442. The summed E-state index contributed by atoms with van der Waals surface area (Å²) in [6.07, 6.45) is 1.48. The molecule has 3 amide bonds.